The summed E-state index contributed by atoms with van der Waals surface area (Å²) in [5, 5.41) is 41.5. The van der Waals surface area contributed by atoms with Crippen LogP contribution in [0.3, 0.4) is 0 Å². The van der Waals surface area contributed by atoms with Crippen LogP contribution in [0.1, 0.15) is 111 Å². The number of nitrogens with one attached hydrogen (secondary N) is 6. The van der Waals surface area contributed by atoms with Crippen LogP contribution in [-0.2, 0) is 86.3 Å². The molecule has 0 aromatic heterocycles. The van der Waals surface area contributed by atoms with Gasteiger partial charge in [-0.05, 0) is 24.7 Å². The minimum absolute atomic E-state index is 0.0435. The molecule has 0 aromatic rings. The van der Waals surface area contributed by atoms with Gasteiger partial charge in [-0.2, -0.15) is 0 Å². The summed E-state index contributed by atoms with van der Waals surface area (Å²) >= 11 is 0. The molecule has 31 nitrogen and oxygen atoms in total. The van der Waals surface area contributed by atoms with Gasteiger partial charge in [-0.25, -0.2) is 0 Å². The number of ketones is 6. The first-order valence-electron chi connectivity index (χ1n) is 25.4. The van der Waals surface area contributed by atoms with Crippen molar-refractivity contribution in [2.24, 2.45) is 11.1 Å². The quantitative estimate of drug-likeness (QED) is 0.0274. The first-order chi connectivity index (χ1) is 37.5. The second-order valence-electron chi connectivity index (χ2n) is 18.5. The van der Waals surface area contributed by atoms with Gasteiger partial charge in [-0.3, -0.25) is 86.3 Å². The lowest BCUT2D eigenvalue weighted by Crippen LogP contribution is -2.46. The Morgan fingerprint density at radius 2 is 0.588 bits per heavy atom. The molecule has 0 heterocycles. The highest BCUT2D eigenvalue weighted by molar-refractivity contribution is 5.96. The van der Waals surface area contributed by atoms with Crippen molar-refractivity contribution in [2.45, 2.75) is 111 Å². The normalized spacial score (nSPS) is 10.7. The number of nitrogens with two attached hydrogens (primary N) is 1. The molecular formula is C49H74N10O21. The van der Waals surface area contributed by atoms with Crippen LogP contribution in [0.5, 0.6) is 0 Å². The molecule has 80 heavy (non-hydrogen) atoms. The van der Waals surface area contributed by atoms with Crippen molar-refractivity contribution in [2.75, 3.05) is 85.1 Å². The van der Waals surface area contributed by atoms with E-state index in [-0.39, 0.29) is 87.8 Å². The van der Waals surface area contributed by atoms with Crippen LogP contribution in [0.2, 0.25) is 0 Å². The van der Waals surface area contributed by atoms with Gasteiger partial charge in [0.15, 0.2) is 34.7 Å². The number of aliphatic carboxylic acids is 3. The third-order valence-electron chi connectivity index (χ3n) is 11.6. The lowest BCUT2D eigenvalue weighted by Gasteiger charge is -2.29. The molecule has 0 unspecified atom stereocenters. The Balaban J connectivity index is 5.16. The van der Waals surface area contributed by atoms with Gasteiger partial charge < -0.3 is 67.7 Å². The van der Waals surface area contributed by atoms with Crippen LogP contribution in [0, 0.1) is 5.41 Å². The van der Waals surface area contributed by atoms with Gasteiger partial charge in [-0.15, -0.1) is 0 Å². The summed E-state index contributed by atoms with van der Waals surface area (Å²) in [5.41, 5.74) is 4.43. The van der Waals surface area contributed by atoms with Gasteiger partial charge in [0.05, 0.1) is 65.4 Å². The largest absolute Gasteiger partial charge is 0.480 e. The first kappa shape index (κ1) is 71.6. The lowest BCUT2D eigenvalue weighted by molar-refractivity contribution is -0.146. The van der Waals surface area contributed by atoms with E-state index in [1.807, 2.05) is 0 Å². The van der Waals surface area contributed by atoms with E-state index in [0.717, 1.165) is 0 Å². The number of hydrogen-bond acceptors (Lipinski definition) is 19. The minimum atomic E-state index is -1.56. The number of Topliss-reactive ketones (excluding diaryl/α,β-unsaturated/α-hetero) is 6. The van der Waals surface area contributed by atoms with Gasteiger partial charge >= 0.3 is 17.9 Å². The molecule has 0 aromatic carbocycles. The number of carbonyl (C=O) groups is 18. The van der Waals surface area contributed by atoms with E-state index in [4.69, 9.17) is 10.8 Å². The number of nitrogens with zero attached hydrogens (tertiary/aromatic N) is 3. The van der Waals surface area contributed by atoms with Crippen LogP contribution in [-0.4, -0.2) is 221 Å². The molecule has 0 atom stereocenters. The second-order valence-corrected chi connectivity index (χ2v) is 18.5. The molecule has 0 rings (SSSR count). The molecule has 0 spiro atoms. The second kappa shape index (κ2) is 39.1. The highest BCUT2D eigenvalue weighted by Crippen LogP contribution is 2.35. The van der Waals surface area contributed by atoms with E-state index in [9.17, 15) is 96.5 Å². The van der Waals surface area contributed by atoms with Crippen LogP contribution in [0.4, 0.5) is 0 Å². The van der Waals surface area contributed by atoms with Crippen molar-refractivity contribution in [1.82, 2.24) is 46.6 Å². The van der Waals surface area contributed by atoms with Crippen molar-refractivity contribution in [1.29, 1.82) is 0 Å². The topological polar surface area (TPSA) is 476 Å². The van der Waals surface area contributed by atoms with Crippen LogP contribution >= 0.6 is 0 Å². The first-order valence-corrected chi connectivity index (χ1v) is 25.4. The third kappa shape index (κ3) is 35.1. The maximum absolute atomic E-state index is 12.9. The fourth-order valence-corrected chi connectivity index (χ4v) is 6.82. The average Bonchev–Trinajstić information content (AvgIpc) is 3.40. The molecule has 0 aliphatic carbocycles. The number of amides is 9. The minimum Gasteiger partial charge on any atom is -0.480 e. The highest BCUT2D eigenvalue weighted by Gasteiger charge is 2.29. The third-order valence-corrected chi connectivity index (χ3v) is 11.6. The number of carbonyl (C=O) groups excluding carboxylic acids is 15. The predicted molar refractivity (Wildman–Crippen MR) is 274 cm³/mol. The van der Waals surface area contributed by atoms with Crippen molar-refractivity contribution in [3.63, 3.8) is 0 Å². The molecule has 0 aliphatic heterocycles. The van der Waals surface area contributed by atoms with Crippen molar-refractivity contribution in [3.8, 4) is 0 Å². The standard InChI is InChI=1S/C49H74N10O21/c1-4-37(66)51-19-31(60)12-15-49(3,16-13-32(61)20-52-38(67)5-2)17-14-33(62)21-53-39(68)9-6-34(63)25-57(28-46(75)76)43(72)22-54-40(69)10-7-35(64)26-58(29-47(77)78)44(73)23-55-41(70)11-8-36(65)27-59(30-48(79)80)45(74)24-56-42(71)18-50/h4-30,50H2,1-3H3,(H,51,66)(H,52,67)(H,53,68)(H,54,69)(H,55,70)(H,56,71)(H,75,76)(H,77,78)(H,79,80). The fraction of sp³-hybridized carbons (Fsp3) is 0.633. The summed E-state index contributed by atoms with van der Waals surface area (Å²) in [7, 11) is 0. The van der Waals surface area contributed by atoms with Gasteiger partial charge in [0.1, 0.15) is 19.6 Å². The van der Waals surface area contributed by atoms with Gasteiger partial charge in [0.2, 0.25) is 53.2 Å². The number of carboxylic acid groups (broad SMARTS) is 3. The Kier molecular flexibility index (Phi) is 35.0. The smallest absolute Gasteiger partial charge is 0.323 e. The van der Waals surface area contributed by atoms with Crippen LogP contribution in [0.25, 0.3) is 0 Å². The van der Waals surface area contributed by atoms with E-state index in [1.165, 1.54) is 0 Å². The number of hydrogen-bond donors (Lipinski definition) is 10. The number of carboxylic acids is 3. The summed E-state index contributed by atoms with van der Waals surface area (Å²) < 4.78 is 0. The summed E-state index contributed by atoms with van der Waals surface area (Å²) in [6.45, 7) is -3.89. The van der Waals surface area contributed by atoms with Crippen LogP contribution < -0.4 is 37.6 Å². The Bertz CT molecular complexity index is 2270. The molecule has 0 aliphatic rings. The van der Waals surface area contributed by atoms with Gasteiger partial charge in [0.25, 0.3) is 0 Å². The monoisotopic (exact) mass is 1140 g/mol. The van der Waals surface area contributed by atoms with Crippen molar-refractivity contribution < 1.29 is 102 Å². The SMILES string of the molecule is CCC(=O)NCC(=O)CCC(C)(CCC(=O)CNC(=O)CC)CCC(=O)CNC(=O)CCC(=O)CN(CC(=O)O)C(=O)CNC(=O)CCC(=O)CN(CC(=O)O)C(=O)CNC(=O)CCC(=O)CN(CC(=O)O)C(=O)CNC(=O)CN. The summed E-state index contributed by atoms with van der Waals surface area (Å²) in [5.74, 6) is -14.8. The molecule has 446 valence electrons. The zero-order valence-corrected chi connectivity index (χ0v) is 45.2. The van der Waals surface area contributed by atoms with E-state index in [0.29, 0.717) is 14.7 Å². The molecule has 31 heteroatoms. The zero-order valence-electron chi connectivity index (χ0n) is 45.2. The van der Waals surface area contributed by atoms with Crippen molar-refractivity contribution in [3.05, 3.63) is 0 Å². The summed E-state index contributed by atoms with van der Waals surface area (Å²) in [4.78, 5) is 222. The average molecular weight is 1140 g/mol. The molecule has 11 N–H and O–H groups in total. The number of rotatable bonds is 45. The van der Waals surface area contributed by atoms with E-state index < -0.39 is 198 Å². The maximum atomic E-state index is 12.9. The molecule has 0 bridgehead atoms. The molecule has 9 amide bonds. The van der Waals surface area contributed by atoms with Gasteiger partial charge in [-0.1, -0.05) is 20.8 Å². The Hall–Kier alpha value is -8.38. The van der Waals surface area contributed by atoms with Gasteiger partial charge in [0, 0.05) is 70.6 Å². The Morgan fingerprint density at radius 1 is 0.338 bits per heavy atom. The molecular weight excluding hydrogens is 1060 g/mol. The predicted octanol–water partition coefficient (Wildman–Crippen LogP) is -4.70. The molecule has 0 saturated heterocycles. The molecule has 0 saturated carbocycles. The van der Waals surface area contributed by atoms with Crippen LogP contribution in [0.15, 0.2) is 0 Å². The molecule has 0 radical (unpaired) electrons. The van der Waals surface area contributed by atoms with E-state index >= 15 is 0 Å². The van der Waals surface area contributed by atoms with E-state index in [2.05, 4.69) is 31.9 Å². The Morgan fingerprint density at radius 3 is 0.838 bits per heavy atom. The highest BCUT2D eigenvalue weighted by atomic mass is 16.4. The molecule has 0 fully saturated rings. The summed E-state index contributed by atoms with van der Waals surface area (Å²) in [6.07, 6.45) is -2.12. The Labute approximate surface area is 459 Å². The maximum Gasteiger partial charge on any atom is 0.323 e. The van der Waals surface area contributed by atoms with Crippen molar-refractivity contribution >= 4 is 106 Å². The lowest BCUT2D eigenvalue weighted by atomic mass is 9.76. The summed E-state index contributed by atoms with van der Waals surface area (Å²) in [6, 6.07) is 0. The fourth-order valence-electron chi connectivity index (χ4n) is 6.82. The zero-order chi connectivity index (χ0) is 61.0. The van der Waals surface area contributed by atoms with E-state index in [1.54, 1.807) is 20.8 Å².